The average Bonchev–Trinajstić information content (AvgIpc) is 2.54. The largest absolute Gasteiger partial charge is 0.418 e. The van der Waals surface area contributed by atoms with Gasteiger partial charge >= 0.3 is 12.2 Å². The van der Waals surface area contributed by atoms with Crippen LogP contribution < -0.4 is 10.6 Å². The van der Waals surface area contributed by atoms with Crippen LogP contribution in [0, 0.1) is 0 Å². The summed E-state index contributed by atoms with van der Waals surface area (Å²) >= 11 is 0. The maximum atomic E-state index is 12.9. The lowest BCUT2D eigenvalue weighted by molar-refractivity contribution is -0.136. The number of hydrogen-bond acceptors (Lipinski definition) is 2. The number of nitrogens with one attached hydrogen (secondary N) is 2. The van der Waals surface area contributed by atoms with Gasteiger partial charge in [0.1, 0.15) is 0 Å². The van der Waals surface area contributed by atoms with Crippen molar-refractivity contribution in [2.45, 2.75) is 18.6 Å². The van der Waals surface area contributed by atoms with Gasteiger partial charge in [0.25, 0.3) is 0 Å². The topological polar surface area (TPSA) is 61.4 Å². The number of aliphatic hydroxyl groups is 1. The lowest BCUT2D eigenvalue weighted by Crippen LogP contribution is -2.41. The van der Waals surface area contributed by atoms with Gasteiger partial charge in [0.2, 0.25) is 0 Å². The highest BCUT2D eigenvalue weighted by molar-refractivity contribution is 5.90. The molecule has 2 aromatic rings. The van der Waals surface area contributed by atoms with E-state index in [1.807, 2.05) is 30.3 Å². The second kappa shape index (κ2) is 7.83. The van der Waals surface area contributed by atoms with E-state index in [9.17, 15) is 23.1 Å². The fourth-order valence-corrected chi connectivity index (χ4v) is 2.24. The van der Waals surface area contributed by atoms with Crippen LogP contribution >= 0.6 is 0 Å². The van der Waals surface area contributed by atoms with E-state index in [-0.39, 0.29) is 12.3 Å². The van der Waals surface area contributed by atoms with Crippen molar-refractivity contribution in [3.8, 4) is 0 Å². The van der Waals surface area contributed by atoms with Gasteiger partial charge in [0, 0.05) is 0 Å². The number of anilines is 1. The third-order valence-corrected chi connectivity index (χ3v) is 3.36. The van der Waals surface area contributed by atoms with E-state index in [0.717, 1.165) is 11.6 Å². The average molecular weight is 338 g/mol. The van der Waals surface area contributed by atoms with Crippen LogP contribution in [0.1, 0.15) is 11.1 Å². The van der Waals surface area contributed by atoms with Crippen molar-refractivity contribution >= 4 is 11.7 Å². The van der Waals surface area contributed by atoms with Crippen molar-refractivity contribution < 1.29 is 23.1 Å². The van der Waals surface area contributed by atoms with Crippen LogP contribution in [0.25, 0.3) is 0 Å². The van der Waals surface area contributed by atoms with Crippen molar-refractivity contribution in [1.82, 2.24) is 5.32 Å². The molecule has 3 N–H and O–H groups in total. The van der Waals surface area contributed by atoms with E-state index in [2.05, 4.69) is 10.6 Å². The predicted octanol–water partition coefficient (Wildman–Crippen LogP) is 3.43. The Bertz CT molecular complexity index is 675. The molecule has 0 bridgehead atoms. The molecule has 0 aliphatic heterocycles. The molecule has 4 nitrogen and oxygen atoms in total. The predicted molar refractivity (Wildman–Crippen MR) is 84.6 cm³/mol. The number of rotatable bonds is 5. The van der Waals surface area contributed by atoms with Crippen molar-refractivity contribution in [2.24, 2.45) is 0 Å². The minimum absolute atomic E-state index is 0.330. The molecule has 0 unspecified atom stereocenters. The summed E-state index contributed by atoms with van der Waals surface area (Å²) in [5.74, 6) is 0. The van der Waals surface area contributed by atoms with Crippen LogP contribution in [0.15, 0.2) is 54.6 Å². The van der Waals surface area contributed by atoms with Crippen LogP contribution in [0.2, 0.25) is 0 Å². The number of para-hydroxylation sites is 1. The molecule has 7 heteroatoms. The van der Waals surface area contributed by atoms with Crippen molar-refractivity contribution in [3.63, 3.8) is 0 Å². The van der Waals surface area contributed by atoms with Crippen molar-refractivity contribution in [1.29, 1.82) is 0 Å². The first kappa shape index (κ1) is 17.8. The zero-order valence-electron chi connectivity index (χ0n) is 12.7. The maximum absolute atomic E-state index is 12.9. The summed E-state index contributed by atoms with van der Waals surface area (Å²) in [6.45, 7) is -0.330. The number of aliphatic hydroxyl groups excluding tert-OH is 1. The van der Waals surface area contributed by atoms with E-state index in [4.69, 9.17) is 0 Å². The van der Waals surface area contributed by atoms with Crippen LogP contribution in [0.4, 0.5) is 23.7 Å². The summed E-state index contributed by atoms with van der Waals surface area (Å²) in [5, 5.41) is 14.0. The Morgan fingerprint density at radius 3 is 2.29 bits per heavy atom. The van der Waals surface area contributed by atoms with Crippen LogP contribution in [0.5, 0.6) is 0 Å². The third kappa shape index (κ3) is 4.99. The number of amides is 2. The van der Waals surface area contributed by atoms with Crippen molar-refractivity contribution in [2.75, 3.05) is 11.9 Å². The lowest BCUT2D eigenvalue weighted by atomic mass is 10.1. The lowest BCUT2D eigenvalue weighted by Gasteiger charge is -2.18. The highest BCUT2D eigenvalue weighted by atomic mass is 19.4. The highest BCUT2D eigenvalue weighted by Crippen LogP contribution is 2.34. The molecule has 2 aromatic carbocycles. The number of hydrogen-bond donors (Lipinski definition) is 3. The van der Waals surface area contributed by atoms with E-state index in [1.54, 1.807) is 0 Å². The number of benzene rings is 2. The monoisotopic (exact) mass is 338 g/mol. The smallest absolute Gasteiger partial charge is 0.394 e. The van der Waals surface area contributed by atoms with Gasteiger partial charge in [-0.15, -0.1) is 0 Å². The van der Waals surface area contributed by atoms with Gasteiger partial charge in [0.15, 0.2) is 0 Å². The Morgan fingerprint density at radius 1 is 1.04 bits per heavy atom. The number of urea groups is 1. The molecular formula is C17H17F3N2O2. The summed E-state index contributed by atoms with van der Waals surface area (Å²) in [6.07, 6.45) is -4.20. The first-order chi connectivity index (χ1) is 11.4. The van der Waals surface area contributed by atoms with Gasteiger partial charge in [-0.3, -0.25) is 0 Å². The standard InChI is InChI=1S/C17H17F3N2O2/c18-17(19,20)14-8-4-5-9-15(14)22-16(24)21-13(11-23)10-12-6-2-1-3-7-12/h1-9,13,23H,10-11H2,(H2,21,22,24)/t13-/m1/s1. The molecule has 128 valence electrons. The molecule has 24 heavy (non-hydrogen) atoms. The molecular weight excluding hydrogens is 321 g/mol. The second-order valence-electron chi connectivity index (χ2n) is 5.21. The van der Waals surface area contributed by atoms with Gasteiger partial charge in [-0.25, -0.2) is 4.79 Å². The van der Waals surface area contributed by atoms with E-state index >= 15 is 0 Å². The minimum atomic E-state index is -4.57. The Morgan fingerprint density at radius 2 is 1.67 bits per heavy atom. The molecule has 0 radical (unpaired) electrons. The Hall–Kier alpha value is -2.54. The second-order valence-corrected chi connectivity index (χ2v) is 5.21. The number of halogens is 3. The Labute approximate surface area is 137 Å². The molecule has 2 amide bonds. The molecule has 1 atom stereocenters. The molecule has 0 aliphatic rings. The molecule has 0 aromatic heterocycles. The molecule has 0 fully saturated rings. The maximum Gasteiger partial charge on any atom is 0.418 e. The quantitative estimate of drug-likeness (QED) is 0.782. The van der Waals surface area contributed by atoms with Crippen LogP contribution in [-0.2, 0) is 12.6 Å². The van der Waals surface area contributed by atoms with Gasteiger partial charge in [-0.05, 0) is 24.1 Å². The van der Waals surface area contributed by atoms with Crippen LogP contribution in [-0.4, -0.2) is 23.8 Å². The van der Waals surface area contributed by atoms with Gasteiger partial charge in [-0.1, -0.05) is 42.5 Å². The van der Waals surface area contributed by atoms with Gasteiger partial charge in [-0.2, -0.15) is 13.2 Å². The molecule has 0 saturated carbocycles. The fraction of sp³-hybridized carbons (Fsp3) is 0.235. The summed E-state index contributed by atoms with van der Waals surface area (Å²) in [7, 11) is 0. The van der Waals surface area contributed by atoms with E-state index < -0.39 is 23.8 Å². The SMILES string of the molecule is O=C(Nc1ccccc1C(F)(F)F)N[C@@H](CO)Cc1ccccc1. The normalized spacial score (nSPS) is 12.5. The number of alkyl halides is 3. The zero-order chi connectivity index (χ0) is 17.6. The fourth-order valence-electron chi connectivity index (χ4n) is 2.24. The summed E-state index contributed by atoms with van der Waals surface area (Å²) < 4.78 is 38.7. The van der Waals surface area contributed by atoms with Crippen LogP contribution in [0.3, 0.4) is 0 Å². The number of carbonyl (C=O) groups is 1. The zero-order valence-corrected chi connectivity index (χ0v) is 12.7. The summed E-state index contributed by atoms with van der Waals surface area (Å²) in [4.78, 5) is 12.0. The van der Waals surface area contributed by atoms with E-state index in [1.165, 1.54) is 18.2 Å². The molecule has 0 heterocycles. The molecule has 0 spiro atoms. The molecule has 2 rings (SSSR count). The molecule has 0 aliphatic carbocycles. The van der Waals surface area contributed by atoms with Gasteiger partial charge < -0.3 is 15.7 Å². The third-order valence-electron chi connectivity index (χ3n) is 3.36. The minimum Gasteiger partial charge on any atom is -0.394 e. The van der Waals surface area contributed by atoms with Gasteiger partial charge in [0.05, 0.1) is 23.9 Å². The first-order valence-corrected chi connectivity index (χ1v) is 7.28. The van der Waals surface area contributed by atoms with E-state index in [0.29, 0.717) is 6.42 Å². The summed E-state index contributed by atoms with van der Waals surface area (Å²) in [5.41, 5.74) is -0.366. The Kier molecular flexibility index (Phi) is 5.81. The highest BCUT2D eigenvalue weighted by Gasteiger charge is 2.33. The molecule has 0 saturated heterocycles. The first-order valence-electron chi connectivity index (χ1n) is 7.28. The number of carbonyl (C=O) groups excluding carboxylic acids is 1. The summed E-state index contributed by atoms with van der Waals surface area (Å²) in [6, 6.07) is 12.5. The van der Waals surface area contributed by atoms with Crippen molar-refractivity contribution in [3.05, 3.63) is 65.7 Å². The Balaban J connectivity index is 2.02.